The Bertz CT molecular complexity index is 2960. The molecule has 0 radical (unpaired) electrons. The normalized spacial score (nSPS) is 20.6. The number of halogens is 1. The number of nitro groups is 1. The van der Waals surface area contributed by atoms with Crippen LogP contribution in [0.1, 0.15) is 90.4 Å². The number of nitrogens with zero attached hydrogens (tertiary/aromatic N) is 5. The number of likely N-dealkylation sites (tertiary alicyclic amines) is 1. The number of ether oxygens (including phenoxy) is 2. The van der Waals surface area contributed by atoms with Crippen molar-refractivity contribution < 1.29 is 32.0 Å². The van der Waals surface area contributed by atoms with Crippen molar-refractivity contribution in [1.82, 2.24) is 24.6 Å². The van der Waals surface area contributed by atoms with E-state index < -0.39 is 43.4 Å². The fourth-order valence-corrected chi connectivity index (χ4v) is 11.7. The molecular weight excluding hydrogens is 864 g/mol. The third-order valence-electron chi connectivity index (χ3n) is 14.3. The first-order chi connectivity index (χ1) is 32.0. The number of anilines is 2. The van der Waals surface area contributed by atoms with Gasteiger partial charge in [0.25, 0.3) is 15.9 Å². The number of sulfonamides is 1. The molecule has 340 valence electrons. The highest BCUT2D eigenvalue weighted by molar-refractivity contribution is 7.90. The molecule has 3 aliphatic heterocycles. The van der Waals surface area contributed by atoms with Gasteiger partial charge in [0, 0.05) is 48.5 Å². The van der Waals surface area contributed by atoms with E-state index in [9.17, 15) is 27.7 Å². The van der Waals surface area contributed by atoms with Crippen molar-refractivity contribution in [2.24, 2.45) is 5.41 Å². The third kappa shape index (κ3) is 8.18. The van der Waals surface area contributed by atoms with E-state index in [1.54, 1.807) is 47.7 Å². The molecule has 2 saturated heterocycles. The van der Waals surface area contributed by atoms with E-state index >= 15 is 0 Å². The molecule has 2 aliphatic carbocycles. The summed E-state index contributed by atoms with van der Waals surface area (Å²) in [6.45, 7) is 2.80. The largest absolute Gasteiger partial charge is 0.474 e. The minimum absolute atomic E-state index is 0.00580. The van der Waals surface area contributed by atoms with Crippen molar-refractivity contribution in [2.75, 3.05) is 36.5 Å². The van der Waals surface area contributed by atoms with E-state index in [0.717, 1.165) is 61.1 Å². The lowest BCUT2D eigenvalue weighted by molar-refractivity contribution is -0.384. The first kappa shape index (κ1) is 42.1. The van der Waals surface area contributed by atoms with E-state index in [4.69, 9.17) is 9.47 Å². The number of pyridine rings is 2. The first-order valence-corrected chi connectivity index (χ1v) is 24.2. The maximum absolute atomic E-state index is 14.1. The van der Waals surface area contributed by atoms with Gasteiger partial charge in [-0.1, -0.05) is 36.4 Å². The third-order valence-corrected chi connectivity index (χ3v) is 15.5. The molecule has 6 heterocycles. The summed E-state index contributed by atoms with van der Waals surface area (Å²) in [6.07, 6.45) is 13.2. The molecule has 3 aromatic carbocycles. The molecule has 2 atom stereocenters. The van der Waals surface area contributed by atoms with Gasteiger partial charge in [-0.05, 0) is 129 Å². The summed E-state index contributed by atoms with van der Waals surface area (Å²) in [5.74, 6) is -0.541. The van der Waals surface area contributed by atoms with Gasteiger partial charge in [-0.15, -0.1) is 0 Å². The number of carbonyl (C=O) groups is 1. The van der Waals surface area contributed by atoms with Crippen molar-refractivity contribution in [3.8, 4) is 17.4 Å². The highest BCUT2D eigenvalue weighted by Gasteiger charge is 2.50. The molecule has 15 nitrogen and oxygen atoms in total. The second-order valence-electron chi connectivity index (χ2n) is 18.6. The fourth-order valence-electron chi connectivity index (χ4n) is 10.7. The van der Waals surface area contributed by atoms with Crippen molar-refractivity contribution in [3.63, 3.8) is 0 Å². The summed E-state index contributed by atoms with van der Waals surface area (Å²) in [5.41, 5.74) is 4.86. The van der Waals surface area contributed by atoms with Gasteiger partial charge < -0.3 is 24.7 Å². The van der Waals surface area contributed by atoms with Crippen molar-refractivity contribution >= 4 is 44.0 Å². The van der Waals surface area contributed by atoms with Crippen LogP contribution in [0.25, 0.3) is 11.0 Å². The number of benzene rings is 3. The number of piperidine rings is 1. The summed E-state index contributed by atoms with van der Waals surface area (Å²) in [6, 6.07) is 25.1. The van der Waals surface area contributed by atoms with Crippen LogP contribution in [0.3, 0.4) is 0 Å². The molecule has 11 rings (SSSR count). The molecule has 0 unspecified atom stereocenters. The standard InChI is InChI=1S/C49H49FN8O7S/c50-33-11-7-30(8-12-33)22-34-29-64-48-45(53-34)42(58(60)61)25-44(54-48)66(62,63)55-47(59)40-14-13-35(24-43(40)65-37-23-32-15-18-51-46(32)52-28-37)56-20-16-49(17-21-56)26-36(27-49)57-19-3-6-41(57)39-5-2-1-4-38(39)31-9-10-31/h1-2,4-5,7-8,11-15,18,23-25,28,31,34,36,41,53H,3,6,9-10,16-17,19-22,26-27,29H2,(H,51,52)(H,55,59)/t34-,41+/m0/s1. The van der Waals surface area contributed by atoms with Crippen molar-refractivity contribution in [2.45, 2.75) is 86.9 Å². The number of rotatable bonds is 12. The number of hydrogen-bond donors (Lipinski definition) is 3. The number of H-pyrrole nitrogens is 1. The Morgan fingerprint density at radius 3 is 2.55 bits per heavy atom. The topological polar surface area (TPSA) is 185 Å². The highest BCUT2D eigenvalue weighted by atomic mass is 32.2. The minimum Gasteiger partial charge on any atom is -0.474 e. The summed E-state index contributed by atoms with van der Waals surface area (Å²) in [7, 11) is -4.79. The Balaban J connectivity index is 0.802. The number of aromatic nitrogens is 3. The molecule has 0 bridgehead atoms. The van der Waals surface area contributed by atoms with Gasteiger partial charge in [-0.25, -0.2) is 14.1 Å². The molecule has 17 heteroatoms. The van der Waals surface area contributed by atoms with Crippen LogP contribution < -0.4 is 24.4 Å². The minimum atomic E-state index is -4.79. The number of hydrogen-bond acceptors (Lipinski definition) is 12. The molecule has 3 N–H and O–H groups in total. The monoisotopic (exact) mass is 912 g/mol. The quantitative estimate of drug-likeness (QED) is 0.0784. The number of carbonyl (C=O) groups excluding carboxylic acids is 1. The zero-order valence-electron chi connectivity index (χ0n) is 36.1. The van der Waals surface area contributed by atoms with E-state index in [1.165, 1.54) is 62.9 Å². The zero-order valence-corrected chi connectivity index (χ0v) is 36.9. The van der Waals surface area contributed by atoms with Gasteiger partial charge >= 0.3 is 5.69 Å². The van der Waals surface area contributed by atoms with Gasteiger partial charge in [0.15, 0.2) is 10.7 Å². The molecule has 1 spiro atoms. The second kappa shape index (κ2) is 16.7. The molecule has 4 fully saturated rings. The zero-order chi connectivity index (χ0) is 45.2. The predicted octanol–water partition coefficient (Wildman–Crippen LogP) is 8.80. The highest BCUT2D eigenvalue weighted by Crippen LogP contribution is 2.55. The Kier molecular flexibility index (Phi) is 10.6. The van der Waals surface area contributed by atoms with E-state index in [2.05, 4.69) is 59.1 Å². The average molecular weight is 913 g/mol. The summed E-state index contributed by atoms with van der Waals surface area (Å²) in [4.78, 5) is 42.3. The molecule has 1 amide bonds. The van der Waals surface area contributed by atoms with Crippen LogP contribution in [-0.4, -0.2) is 77.4 Å². The molecule has 3 aromatic heterocycles. The molecular formula is C49H49FN8O7S. The lowest BCUT2D eigenvalue weighted by atomic mass is 9.59. The SMILES string of the molecule is O=C(NS(=O)(=O)c1cc([N+](=O)[O-])c2c(n1)OC[C@H](Cc1ccc(F)cc1)N2)c1ccc(N2CCC3(CC2)CC(N2CCC[C@@H]2c2ccccc2C2CC2)C3)cc1Oc1cnc2[nH]ccc2c1. The van der Waals surface area contributed by atoms with E-state index in [-0.39, 0.29) is 29.5 Å². The van der Waals surface area contributed by atoms with Crippen LogP contribution in [0.5, 0.6) is 17.4 Å². The van der Waals surface area contributed by atoms with Gasteiger partial charge in [0.2, 0.25) is 5.88 Å². The summed E-state index contributed by atoms with van der Waals surface area (Å²) in [5, 5.41) is 15.3. The molecule has 2 saturated carbocycles. The Morgan fingerprint density at radius 2 is 1.77 bits per heavy atom. The van der Waals surface area contributed by atoms with Gasteiger partial charge in [0.1, 0.15) is 29.6 Å². The Hall–Kier alpha value is -6.59. The predicted molar refractivity (Wildman–Crippen MR) is 245 cm³/mol. The maximum atomic E-state index is 14.1. The van der Waals surface area contributed by atoms with Crippen LogP contribution in [0.15, 0.2) is 102 Å². The molecule has 66 heavy (non-hydrogen) atoms. The van der Waals surface area contributed by atoms with Crippen LogP contribution in [-0.2, 0) is 16.4 Å². The Labute approximate surface area is 380 Å². The summed E-state index contributed by atoms with van der Waals surface area (Å²) < 4.78 is 55.3. The van der Waals surface area contributed by atoms with Crippen LogP contribution in [0.4, 0.5) is 21.5 Å². The van der Waals surface area contributed by atoms with E-state index in [0.29, 0.717) is 35.3 Å². The number of amides is 1. The Morgan fingerprint density at radius 1 is 0.985 bits per heavy atom. The number of fused-ring (bicyclic) bond motifs is 2. The van der Waals surface area contributed by atoms with E-state index in [1.807, 2.05) is 6.07 Å². The lowest BCUT2D eigenvalue weighted by Gasteiger charge is -2.56. The number of aromatic amines is 1. The number of nitrogens with one attached hydrogen (secondary N) is 3. The fraction of sp³-hybridized carbons (Fsp3) is 0.367. The lowest BCUT2D eigenvalue weighted by Crippen LogP contribution is -2.54. The van der Waals surface area contributed by atoms with Crippen molar-refractivity contribution in [3.05, 3.63) is 136 Å². The maximum Gasteiger partial charge on any atom is 0.300 e. The van der Waals surface area contributed by atoms with Gasteiger partial charge in [-0.2, -0.15) is 13.4 Å². The van der Waals surface area contributed by atoms with Gasteiger partial charge in [0.05, 0.1) is 28.8 Å². The van der Waals surface area contributed by atoms with Gasteiger partial charge in [-0.3, -0.25) is 19.8 Å². The summed E-state index contributed by atoms with van der Waals surface area (Å²) >= 11 is 0. The van der Waals surface area contributed by atoms with Crippen LogP contribution >= 0.6 is 0 Å². The first-order valence-electron chi connectivity index (χ1n) is 22.7. The smallest absolute Gasteiger partial charge is 0.300 e. The van der Waals surface area contributed by atoms with Crippen LogP contribution in [0, 0.1) is 21.3 Å². The van der Waals surface area contributed by atoms with Crippen molar-refractivity contribution in [1.29, 1.82) is 0 Å². The second-order valence-corrected chi connectivity index (χ2v) is 20.2. The molecule has 6 aromatic rings. The molecule has 5 aliphatic rings. The van der Waals surface area contributed by atoms with Crippen LogP contribution in [0.2, 0.25) is 0 Å². The average Bonchev–Trinajstić information content (AvgIpc) is 3.85.